The number of benzene rings is 2. The third-order valence-electron chi connectivity index (χ3n) is 5.41. The van der Waals surface area contributed by atoms with Crippen LogP contribution < -0.4 is 0 Å². The van der Waals surface area contributed by atoms with Gasteiger partial charge in [0, 0.05) is 30.9 Å². The van der Waals surface area contributed by atoms with Crippen molar-refractivity contribution in [1.29, 1.82) is 0 Å². The fourth-order valence-corrected chi connectivity index (χ4v) is 3.97. The number of halogens is 1. The van der Waals surface area contributed by atoms with Crippen molar-refractivity contribution in [2.75, 3.05) is 13.1 Å². The highest BCUT2D eigenvalue weighted by Crippen LogP contribution is 2.42. The number of hydrogen-bond donors (Lipinski definition) is 1. The van der Waals surface area contributed by atoms with Crippen LogP contribution in [-0.2, 0) is 12.1 Å². The van der Waals surface area contributed by atoms with E-state index in [0.29, 0.717) is 30.7 Å². The Kier molecular flexibility index (Phi) is 4.10. The Labute approximate surface area is 146 Å². The lowest BCUT2D eigenvalue weighted by Crippen LogP contribution is -2.49. The second kappa shape index (κ2) is 6.28. The van der Waals surface area contributed by atoms with Gasteiger partial charge >= 0.3 is 0 Å². The molecule has 0 bridgehead atoms. The smallest absolute Gasteiger partial charge is 0.142 e. The van der Waals surface area contributed by atoms with Crippen LogP contribution in [-0.4, -0.2) is 23.1 Å². The lowest BCUT2D eigenvalue weighted by molar-refractivity contribution is -0.0744. The minimum atomic E-state index is -1.21. The molecule has 1 N–H and O–H groups in total. The Morgan fingerprint density at radius 3 is 2.76 bits per heavy atom. The summed E-state index contributed by atoms with van der Waals surface area (Å²) in [5, 5.41) is 12.2. The first-order chi connectivity index (χ1) is 12.1. The molecule has 3 aromatic rings. The third kappa shape index (κ3) is 2.86. The monoisotopic (exact) mass is 339 g/mol. The largest absolute Gasteiger partial charge is 0.464 e. The number of furan rings is 1. The molecule has 1 aromatic heterocycles. The van der Waals surface area contributed by atoms with Gasteiger partial charge < -0.3 is 9.52 Å². The molecule has 2 heterocycles. The Morgan fingerprint density at radius 1 is 1.20 bits per heavy atom. The molecule has 25 heavy (non-hydrogen) atoms. The van der Waals surface area contributed by atoms with Gasteiger partial charge in [-0.15, -0.1) is 0 Å². The van der Waals surface area contributed by atoms with Crippen LogP contribution >= 0.6 is 0 Å². The maximum Gasteiger partial charge on any atom is 0.142 e. The molecule has 0 amide bonds. The lowest BCUT2D eigenvalue weighted by Gasteiger charge is -2.43. The Hall–Kier alpha value is -2.17. The molecule has 1 fully saturated rings. The topological polar surface area (TPSA) is 36.6 Å². The molecule has 2 unspecified atom stereocenters. The van der Waals surface area contributed by atoms with Gasteiger partial charge in [0.05, 0.1) is 11.8 Å². The van der Waals surface area contributed by atoms with Crippen molar-refractivity contribution in [3.63, 3.8) is 0 Å². The van der Waals surface area contributed by atoms with Crippen molar-refractivity contribution in [3.05, 3.63) is 71.7 Å². The maximum absolute atomic E-state index is 14.6. The van der Waals surface area contributed by atoms with E-state index < -0.39 is 11.4 Å². The number of fused-ring (bicyclic) bond motifs is 1. The summed E-state index contributed by atoms with van der Waals surface area (Å²) in [6, 6.07) is 15.2. The quantitative estimate of drug-likeness (QED) is 0.773. The van der Waals surface area contributed by atoms with Gasteiger partial charge in [-0.25, -0.2) is 4.39 Å². The van der Waals surface area contributed by atoms with Crippen LogP contribution in [0, 0.1) is 11.7 Å². The number of likely N-dealkylation sites (tertiary alicyclic amines) is 1. The van der Waals surface area contributed by atoms with E-state index in [1.807, 2.05) is 25.1 Å². The number of aliphatic hydroxyl groups is 1. The van der Waals surface area contributed by atoms with Crippen molar-refractivity contribution >= 4 is 11.0 Å². The van der Waals surface area contributed by atoms with Crippen molar-refractivity contribution < 1.29 is 13.9 Å². The van der Waals surface area contributed by atoms with Gasteiger partial charge in [0.2, 0.25) is 0 Å². The number of piperidine rings is 1. The highest BCUT2D eigenvalue weighted by molar-refractivity contribution is 5.81. The molecule has 4 heteroatoms. The van der Waals surface area contributed by atoms with Crippen molar-refractivity contribution in [3.8, 4) is 0 Å². The van der Waals surface area contributed by atoms with Gasteiger partial charge in [0.25, 0.3) is 0 Å². The summed E-state index contributed by atoms with van der Waals surface area (Å²) in [6.07, 6.45) is 2.03. The molecule has 0 radical (unpaired) electrons. The number of nitrogens with zero attached hydrogens (tertiary/aromatic N) is 1. The van der Waals surface area contributed by atoms with Crippen LogP contribution in [0.2, 0.25) is 0 Å². The summed E-state index contributed by atoms with van der Waals surface area (Å²) >= 11 is 0. The molecule has 4 rings (SSSR count). The lowest BCUT2D eigenvalue weighted by atomic mass is 9.76. The number of rotatable bonds is 3. The normalized spacial score (nSPS) is 24.7. The van der Waals surface area contributed by atoms with Crippen molar-refractivity contribution in [2.24, 2.45) is 5.92 Å². The zero-order valence-electron chi connectivity index (χ0n) is 14.3. The highest BCUT2D eigenvalue weighted by atomic mass is 19.1. The minimum absolute atomic E-state index is 0.102. The first-order valence-corrected chi connectivity index (χ1v) is 8.73. The van der Waals surface area contributed by atoms with Crippen LogP contribution in [0.4, 0.5) is 4.39 Å². The van der Waals surface area contributed by atoms with Gasteiger partial charge in [-0.3, -0.25) is 4.90 Å². The molecule has 2 atom stereocenters. The van der Waals surface area contributed by atoms with Gasteiger partial charge in [-0.2, -0.15) is 0 Å². The van der Waals surface area contributed by atoms with Crippen LogP contribution in [0.25, 0.3) is 11.0 Å². The molecule has 1 aliphatic heterocycles. The molecule has 0 saturated carbocycles. The molecular formula is C21H22FNO2. The average molecular weight is 339 g/mol. The first kappa shape index (κ1) is 16.3. The summed E-state index contributed by atoms with van der Waals surface area (Å²) < 4.78 is 20.1. The standard InChI is InChI=1S/C21H22FNO2/c1-15-13-23(14-16-5-3-2-4-6-16)11-10-21(15,24)19-18(22)8-7-17-9-12-25-20(17)19/h2-9,12,15,24H,10-11,13-14H2,1H3. The van der Waals surface area contributed by atoms with Crippen LogP contribution in [0.1, 0.15) is 24.5 Å². The van der Waals surface area contributed by atoms with E-state index in [-0.39, 0.29) is 5.92 Å². The van der Waals surface area contributed by atoms with Crippen molar-refractivity contribution in [2.45, 2.75) is 25.5 Å². The van der Waals surface area contributed by atoms with E-state index in [0.717, 1.165) is 11.9 Å². The zero-order chi connectivity index (χ0) is 17.4. The summed E-state index contributed by atoms with van der Waals surface area (Å²) in [6.45, 7) is 4.25. The minimum Gasteiger partial charge on any atom is -0.464 e. The van der Waals surface area contributed by atoms with E-state index in [4.69, 9.17) is 4.42 Å². The SMILES string of the molecule is CC1CN(Cc2ccccc2)CCC1(O)c1c(F)ccc2ccoc12. The van der Waals surface area contributed by atoms with E-state index in [9.17, 15) is 9.50 Å². The molecule has 0 aliphatic carbocycles. The second-order valence-corrected chi connectivity index (χ2v) is 7.06. The summed E-state index contributed by atoms with van der Waals surface area (Å²) in [5.41, 5.74) is 0.807. The maximum atomic E-state index is 14.6. The van der Waals surface area contributed by atoms with Crippen molar-refractivity contribution in [1.82, 2.24) is 4.90 Å². The molecule has 130 valence electrons. The van der Waals surface area contributed by atoms with Gasteiger partial charge in [-0.05, 0) is 30.2 Å². The van der Waals surface area contributed by atoms with E-state index in [1.54, 1.807) is 18.4 Å². The van der Waals surface area contributed by atoms with Gasteiger partial charge in [0.15, 0.2) is 0 Å². The Morgan fingerprint density at radius 2 is 2.00 bits per heavy atom. The van der Waals surface area contributed by atoms with E-state index >= 15 is 0 Å². The summed E-state index contributed by atoms with van der Waals surface area (Å²) in [5.74, 6) is -0.497. The molecule has 3 nitrogen and oxygen atoms in total. The predicted octanol–water partition coefficient (Wildman–Crippen LogP) is 4.30. The fraction of sp³-hybridized carbons (Fsp3) is 0.333. The van der Waals surface area contributed by atoms with Crippen LogP contribution in [0.15, 0.2) is 59.2 Å². The highest BCUT2D eigenvalue weighted by Gasteiger charge is 2.43. The average Bonchev–Trinajstić information content (AvgIpc) is 3.07. The zero-order valence-corrected chi connectivity index (χ0v) is 14.3. The Bertz CT molecular complexity index is 876. The van der Waals surface area contributed by atoms with E-state index in [1.165, 1.54) is 11.6 Å². The van der Waals surface area contributed by atoms with E-state index in [2.05, 4.69) is 17.0 Å². The third-order valence-corrected chi connectivity index (χ3v) is 5.41. The summed E-state index contributed by atoms with van der Waals surface area (Å²) in [7, 11) is 0. The predicted molar refractivity (Wildman–Crippen MR) is 95.6 cm³/mol. The Balaban J connectivity index is 1.61. The molecule has 0 spiro atoms. The number of hydrogen-bond acceptors (Lipinski definition) is 3. The van der Waals surface area contributed by atoms with Crippen LogP contribution in [0.3, 0.4) is 0 Å². The molecule has 1 aliphatic rings. The first-order valence-electron chi connectivity index (χ1n) is 8.73. The van der Waals surface area contributed by atoms with Gasteiger partial charge in [0.1, 0.15) is 17.0 Å². The molecule has 1 saturated heterocycles. The fourth-order valence-electron chi connectivity index (χ4n) is 3.97. The second-order valence-electron chi connectivity index (χ2n) is 7.06. The summed E-state index contributed by atoms with van der Waals surface area (Å²) in [4.78, 5) is 2.31. The molecule has 2 aromatic carbocycles. The van der Waals surface area contributed by atoms with Gasteiger partial charge in [-0.1, -0.05) is 37.3 Å². The molecular weight excluding hydrogens is 317 g/mol. The van der Waals surface area contributed by atoms with Crippen LogP contribution in [0.5, 0.6) is 0 Å².